The first-order valence-electron chi connectivity index (χ1n) is 5.62. The van der Waals surface area contributed by atoms with Gasteiger partial charge in [0.2, 0.25) is 5.91 Å². The number of likely N-dealkylation sites (tertiary alicyclic amines) is 1. The van der Waals surface area contributed by atoms with Crippen LogP contribution in [0.3, 0.4) is 0 Å². The van der Waals surface area contributed by atoms with Gasteiger partial charge in [-0.25, -0.2) is 0 Å². The van der Waals surface area contributed by atoms with E-state index in [4.69, 9.17) is 0 Å². The van der Waals surface area contributed by atoms with Gasteiger partial charge in [0.1, 0.15) is 0 Å². The van der Waals surface area contributed by atoms with Crippen LogP contribution in [0.4, 0.5) is 0 Å². The normalized spacial score (nSPS) is 26.1. The highest BCUT2D eigenvalue weighted by Gasteiger charge is 2.23. The number of rotatable bonds is 3. The minimum atomic E-state index is 0.331. The van der Waals surface area contributed by atoms with Crippen LogP contribution >= 0.6 is 0 Å². The van der Waals surface area contributed by atoms with Gasteiger partial charge in [0.05, 0.1) is 0 Å². The Morgan fingerprint density at radius 3 is 2.93 bits per heavy atom. The third-order valence-corrected chi connectivity index (χ3v) is 3.08. The molecule has 1 aliphatic heterocycles. The average Bonchev–Trinajstić information content (AvgIpc) is 2.32. The molecule has 1 fully saturated rings. The number of nitrogens with one attached hydrogen (secondary N) is 1. The molecule has 2 atom stereocenters. The molecule has 0 spiro atoms. The second kappa shape index (κ2) is 5.35. The van der Waals surface area contributed by atoms with E-state index < -0.39 is 0 Å². The highest BCUT2D eigenvalue weighted by Crippen LogP contribution is 2.17. The minimum absolute atomic E-state index is 0.331. The van der Waals surface area contributed by atoms with Crippen molar-refractivity contribution >= 4 is 5.91 Å². The van der Waals surface area contributed by atoms with Gasteiger partial charge in [0.25, 0.3) is 0 Å². The molecule has 0 bridgehead atoms. The van der Waals surface area contributed by atoms with Crippen LogP contribution in [0.25, 0.3) is 0 Å². The third kappa shape index (κ3) is 2.98. The maximum Gasteiger partial charge on any atom is 0.222 e. The molecule has 1 saturated heterocycles. The fourth-order valence-corrected chi connectivity index (χ4v) is 1.93. The van der Waals surface area contributed by atoms with E-state index in [0.29, 0.717) is 18.0 Å². The summed E-state index contributed by atoms with van der Waals surface area (Å²) in [4.78, 5) is 13.8. The number of likely N-dealkylation sites (N-methyl/N-ethyl adjacent to an activating group) is 1. The number of hydrogen-bond donors (Lipinski definition) is 1. The van der Waals surface area contributed by atoms with Crippen molar-refractivity contribution in [3.63, 3.8) is 0 Å². The smallest absolute Gasteiger partial charge is 0.222 e. The zero-order chi connectivity index (χ0) is 10.6. The van der Waals surface area contributed by atoms with Gasteiger partial charge in [-0.05, 0) is 33.7 Å². The van der Waals surface area contributed by atoms with Crippen LogP contribution in [-0.2, 0) is 4.79 Å². The predicted molar refractivity (Wildman–Crippen MR) is 58.2 cm³/mol. The summed E-state index contributed by atoms with van der Waals surface area (Å²) >= 11 is 0. The van der Waals surface area contributed by atoms with Crippen molar-refractivity contribution < 1.29 is 4.79 Å². The predicted octanol–water partition coefficient (Wildman–Crippen LogP) is 1.39. The molecule has 0 saturated carbocycles. The van der Waals surface area contributed by atoms with E-state index in [2.05, 4.69) is 19.2 Å². The van der Waals surface area contributed by atoms with Crippen molar-refractivity contribution in [1.82, 2.24) is 10.2 Å². The SMILES string of the molecule is CNC(C)CN1C(=O)CCCCC1C. The van der Waals surface area contributed by atoms with E-state index in [1.54, 1.807) is 0 Å². The summed E-state index contributed by atoms with van der Waals surface area (Å²) < 4.78 is 0. The first kappa shape index (κ1) is 11.5. The lowest BCUT2D eigenvalue weighted by molar-refractivity contribution is -0.132. The molecule has 2 unspecified atom stereocenters. The van der Waals surface area contributed by atoms with Crippen LogP contribution in [0.1, 0.15) is 39.5 Å². The number of amides is 1. The van der Waals surface area contributed by atoms with Gasteiger partial charge in [-0.3, -0.25) is 4.79 Å². The zero-order valence-electron chi connectivity index (χ0n) is 9.55. The second-order valence-electron chi connectivity index (χ2n) is 4.33. The highest BCUT2D eigenvalue weighted by atomic mass is 16.2. The highest BCUT2D eigenvalue weighted by molar-refractivity contribution is 5.76. The van der Waals surface area contributed by atoms with Crippen LogP contribution in [0, 0.1) is 0 Å². The molecular formula is C11H22N2O. The van der Waals surface area contributed by atoms with Gasteiger partial charge in [-0.1, -0.05) is 6.42 Å². The van der Waals surface area contributed by atoms with Gasteiger partial charge >= 0.3 is 0 Å². The van der Waals surface area contributed by atoms with Crippen molar-refractivity contribution in [3.05, 3.63) is 0 Å². The third-order valence-electron chi connectivity index (χ3n) is 3.08. The molecule has 0 aromatic heterocycles. The Morgan fingerprint density at radius 1 is 1.57 bits per heavy atom. The van der Waals surface area contributed by atoms with E-state index >= 15 is 0 Å². The molecule has 0 aliphatic carbocycles. The molecule has 3 nitrogen and oxygen atoms in total. The van der Waals surface area contributed by atoms with E-state index in [1.165, 1.54) is 6.42 Å². The summed E-state index contributed by atoms with van der Waals surface area (Å²) in [5.41, 5.74) is 0. The van der Waals surface area contributed by atoms with Crippen LogP contribution in [-0.4, -0.2) is 36.5 Å². The Labute approximate surface area is 86.9 Å². The number of hydrogen-bond acceptors (Lipinski definition) is 2. The maximum atomic E-state index is 11.8. The maximum absolute atomic E-state index is 11.8. The van der Waals surface area contributed by atoms with E-state index in [-0.39, 0.29) is 0 Å². The standard InChI is InChI=1S/C11H22N2O/c1-9(12-3)8-13-10(2)6-4-5-7-11(13)14/h9-10,12H,4-8H2,1-3H3. The molecule has 0 aromatic rings. The largest absolute Gasteiger partial charge is 0.338 e. The Morgan fingerprint density at radius 2 is 2.29 bits per heavy atom. The molecule has 3 heteroatoms. The van der Waals surface area contributed by atoms with Crippen molar-refractivity contribution in [2.75, 3.05) is 13.6 Å². The Bertz CT molecular complexity index is 194. The average molecular weight is 198 g/mol. The Balaban J connectivity index is 2.56. The van der Waals surface area contributed by atoms with Crippen LogP contribution in [0.2, 0.25) is 0 Å². The van der Waals surface area contributed by atoms with E-state index in [0.717, 1.165) is 25.8 Å². The van der Waals surface area contributed by atoms with Gasteiger partial charge in [0.15, 0.2) is 0 Å². The lowest BCUT2D eigenvalue weighted by Gasteiger charge is -2.29. The molecule has 1 heterocycles. The summed E-state index contributed by atoms with van der Waals surface area (Å²) in [5, 5.41) is 3.18. The quantitative estimate of drug-likeness (QED) is 0.743. The molecule has 1 aliphatic rings. The molecule has 0 aromatic carbocycles. The topological polar surface area (TPSA) is 32.3 Å². The molecule has 1 rings (SSSR count). The monoisotopic (exact) mass is 198 g/mol. The second-order valence-corrected chi connectivity index (χ2v) is 4.33. The molecule has 1 N–H and O–H groups in total. The Hall–Kier alpha value is -0.570. The van der Waals surface area contributed by atoms with Gasteiger partial charge in [-0.2, -0.15) is 0 Å². The lowest BCUT2D eigenvalue weighted by atomic mass is 10.1. The molecule has 14 heavy (non-hydrogen) atoms. The van der Waals surface area contributed by atoms with Crippen molar-refractivity contribution in [2.45, 2.75) is 51.6 Å². The van der Waals surface area contributed by atoms with Crippen LogP contribution in [0.5, 0.6) is 0 Å². The first-order chi connectivity index (χ1) is 6.65. The van der Waals surface area contributed by atoms with Gasteiger partial charge in [0, 0.05) is 25.0 Å². The summed E-state index contributed by atoms with van der Waals surface area (Å²) in [7, 11) is 1.94. The zero-order valence-corrected chi connectivity index (χ0v) is 9.55. The van der Waals surface area contributed by atoms with Gasteiger partial charge < -0.3 is 10.2 Å². The molecule has 82 valence electrons. The lowest BCUT2D eigenvalue weighted by Crippen LogP contribution is -2.44. The Kier molecular flexibility index (Phi) is 4.39. The fourth-order valence-electron chi connectivity index (χ4n) is 1.93. The first-order valence-corrected chi connectivity index (χ1v) is 5.62. The fraction of sp³-hybridized carbons (Fsp3) is 0.909. The van der Waals surface area contributed by atoms with Crippen LogP contribution in [0.15, 0.2) is 0 Å². The summed E-state index contributed by atoms with van der Waals surface area (Å²) in [6.07, 6.45) is 4.15. The summed E-state index contributed by atoms with van der Waals surface area (Å²) in [6, 6.07) is 0.806. The molecular weight excluding hydrogens is 176 g/mol. The van der Waals surface area contributed by atoms with Crippen molar-refractivity contribution in [1.29, 1.82) is 0 Å². The number of carbonyl (C=O) groups excluding carboxylic acids is 1. The van der Waals surface area contributed by atoms with Crippen LogP contribution < -0.4 is 5.32 Å². The number of nitrogens with zero attached hydrogens (tertiary/aromatic N) is 1. The molecule has 0 radical (unpaired) electrons. The number of carbonyl (C=O) groups is 1. The summed E-state index contributed by atoms with van der Waals surface area (Å²) in [6.45, 7) is 5.12. The summed E-state index contributed by atoms with van der Waals surface area (Å²) in [5.74, 6) is 0.331. The van der Waals surface area contributed by atoms with Gasteiger partial charge in [-0.15, -0.1) is 0 Å². The van der Waals surface area contributed by atoms with E-state index in [1.807, 2.05) is 11.9 Å². The van der Waals surface area contributed by atoms with Crippen molar-refractivity contribution in [3.8, 4) is 0 Å². The molecule has 1 amide bonds. The minimum Gasteiger partial charge on any atom is -0.338 e. The van der Waals surface area contributed by atoms with Crippen molar-refractivity contribution in [2.24, 2.45) is 0 Å². The van der Waals surface area contributed by atoms with E-state index in [9.17, 15) is 4.79 Å².